The lowest BCUT2D eigenvalue weighted by molar-refractivity contribution is 0.547. The predicted octanol–water partition coefficient (Wildman–Crippen LogP) is 3.35. The zero-order valence-electron chi connectivity index (χ0n) is 10.2. The average Bonchev–Trinajstić information content (AvgIpc) is 3.04. The summed E-state index contributed by atoms with van der Waals surface area (Å²) < 4.78 is 2.09. The molecule has 94 valence electrons. The number of thiophene rings is 1. The van der Waals surface area contributed by atoms with Gasteiger partial charge in [0.05, 0.1) is 5.69 Å². The van der Waals surface area contributed by atoms with Gasteiger partial charge >= 0.3 is 0 Å². The Kier molecular flexibility index (Phi) is 3.45. The highest BCUT2D eigenvalue weighted by Crippen LogP contribution is 2.21. The van der Waals surface area contributed by atoms with E-state index in [1.54, 1.807) is 22.7 Å². The highest BCUT2D eigenvalue weighted by molar-refractivity contribution is 7.15. The number of hydrogen-bond donors (Lipinski definition) is 1. The van der Waals surface area contributed by atoms with E-state index in [1.165, 1.54) is 5.56 Å². The maximum absolute atomic E-state index is 4.65. The minimum atomic E-state index is 0.367. The van der Waals surface area contributed by atoms with Crippen molar-refractivity contribution in [1.29, 1.82) is 0 Å². The number of aromatic nitrogens is 2. The fourth-order valence-corrected chi connectivity index (χ4v) is 3.54. The van der Waals surface area contributed by atoms with Crippen LogP contribution in [0, 0.1) is 0 Å². The molecule has 3 aromatic rings. The fraction of sp³-hybridized carbons (Fsp3) is 0.308. The molecular formula is C13H15N3S2. The molecule has 0 aromatic carbocycles. The average molecular weight is 277 g/mol. The number of likely N-dealkylation sites (N-methyl/N-ethyl adjacent to an activating group) is 1. The van der Waals surface area contributed by atoms with E-state index in [9.17, 15) is 0 Å². The van der Waals surface area contributed by atoms with E-state index in [0.717, 1.165) is 23.6 Å². The summed E-state index contributed by atoms with van der Waals surface area (Å²) in [6, 6.07) is 2.56. The molecule has 0 saturated heterocycles. The summed E-state index contributed by atoms with van der Waals surface area (Å²) >= 11 is 3.43. The number of thiazole rings is 1. The van der Waals surface area contributed by atoms with Gasteiger partial charge in [-0.05, 0) is 28.9 Å². The number of fused-ring (bicyclic) bond motifs is 1. The van der Waals surface area contributed by atoms with Gasteiger partial charge in [-0.1, -0.05) is 6.92 Å². The van der Waals surface area contributed by atoms with Crippen molar-refractivity contribution in [3.63, 3.8) is 0 Å². The number of rotatable bonds is 5. The highest BCUT2D eigenvalue weighted by Gasteiger charge is 2.13. The van der Waals surface area contributed by atoms with Crippen molar-refractivity contribution in [3.8, 4) is 0 Å². The monoisotopic (exact) mass is 277 g/mol. The summed E-state index contributed by atoms with van der Waals surface area (Å²) in [5.74, 6) is 0. The molecule has 0 aliphatic heterocycles. The molecule has 0 amide bonds. The molecule has 18 heavy (non-hydrogen) atoms. The molecule has 3 nitrogen and oxygen atoms in total. The molecule has 0 bridgehead atoms. The first kappa shape index (κ1) is 11.9. The number of hydrogen-bond acceptors (Lipinski definition) is 4. The van der Waals surface area contributed by atoms with Crippen molar-refractivity contribution < 1.29 is 0 Å². The van der Waals surface area contributed by atoms with Crippen molar-refractivity contribution in [3.05, 3.63) is 45.9 Å². The van der Waals surface area contributed by atoms with E-state index < -0.39 is 0 Å². The van der Waals surface area contributed by atoms with Crippen molar-refractivity contribution >= 4 is 27.6 Å². The molecule has 3 aromatic heterocycles. The smallest absolute Gasteiger partial charge is 0.193 e. The van der Waals surface area contributed by atoms with Gasteiger partial charge in [-0.15, -0.1) is 11.3 Å². The molecule has 1 unspecified atom stereocenters. The summed E-state index contributed by atoms with van der Waals surface area (Å²) in [6.07, 6.45) is 5.13. The number of nitrogens with one attached hydrogen (secondary N) is 1. The van der Waals surface area contributed by atoms with Crippen LogP contribution in [0.25, 0.3) is 4.96 Å². The second-order valence-electron chi connectivity index (χ2n) is 4.20. The Labute approximate surface area is 114 Å². The minimum Gasteiger partial charge on any atom is -0.310 e. The fourth-order valence-electron chi connectivity index (χ4n) is 2.11. The molecule has 0 radical (unpaired) electrons. The van der Waals surface area contributed by atoms with Gasteiger partial charge in [0.1, 0.15) is 0 Å². The quantitative estimate of drug-likeness (QED) is 0.775. The second kappa shape index (κ2) is 5.22. The molecule has 0 aliphatic rings. The number of imidazole rings is 1. The third-order valence-electron chi connectivity index (χ3n) is 2.95. The van der Waals surface area contributed by atoms with Crippen LogP contribution >= 0.6 is 22.7 Å². The van der Waals surface area contributed by atoms with E-state index in [0.29, 0.717) is 6.04 Å². The van der Waals surface area contributed by atoms with E-state index in [4.69, 9.17) is 0 Å². The van der Waals surface area contributed by atoms with E-state index in [-0.39, 0.29) is 0 Å². The maximum atomic E-state index is 4.65. The Bertz CT molecular complexity index is 581. The molecule has 3 rings (SSSR count). The number of nitrogens with zero attached hydrogens (tertiary/aromatic N) is 2. The van der Waals surface area contributed by atoms with E-state index in [2.05, 4.69) is 56.2 Å². The third kappa shape index (κ3) is 2.34. The Hall–Kier alpha value is -1.17. The van der Waals surface area contributed by atoms with Gasteiger partial charge in [0, 0.05) is 30.2 Å². The standard InChI is InChI=1S/C13H15N3S2/c1-2-14-12(10-3-5-17-9-10)7-11-8-16-4-6-18-13(16)15-11/h3-6,8-9,12,14H,2,7H2,1H3. The molecule has 1 N–H and O–H groups in total. The van der Waals surface area contributed by atoms with Gasteiger partial charge in [-0.25, -0.2) is 4.98 Å². The van der Waals surface area contributed by atoms with E-state index >= 15 is 0 Å². The van der Waals surface area contributed by atoms with Gasteiger partial charge in [0.15, 0.2) is 4.96 Å². The van der Waals surface area contributed by atoms with Crippen LogP contribution in [-0.4, -0.2) is 15.9 Å². The highest BCUT2D eigenvalue weighted by atomic mass is 32.1. The van der Waals surface area contributed by atoms with Crippen molar-refractivity contribution in [2.24, 2.45) is 0 Å². The molecular weight excluding hydrogens is 262 g/mol. The van der Waals surface area contributed by atoms with Crippen LogP contribution in [0.2, 0.25) is 0 Å². The van der Waals surface area contributed by atoms with Crippen molar-refractivity contribution in [2.45, 2.75) is 19.4 Å². The van der Waals surface area contributed by atoms with Crippen molar-refractivity contribution in [2.75, 3.05) is 6.54 Å². The van der Waals surface area contributed by atoms with Crippen LogP contribution in [-0.2, 0) is 6.42 Å². The van der Waals surface area contributed by atoms with Gasteiger partial charge in [0.2, 0.25) is 0 Å². The molecule has 3 heterocycles. The Balaban J connectivity index is 1.82. The normalized spacial score (nSPS) is 13.2. The van der Waals surface area contributed by atoms with Gasteiger partial charge in [0.25, 0.3) is 0 Å². The SMILES string of the molecule is CCNC(Cc1cn2ccsc2n1)c1ccsc1. The van der Waals surface area contributed by atoms with Crippen LogP contribution in [0.1, 0.15) is 24.2 Å². The summed E-state index contributed by atoms with van der Waals surface area (Å²) in [5, 5.41) is 9.94. The Morgan fingerprint density at radius 1 is 1.44 bits per heavy atom. The zero-order chi connectivity index (χ0) is 12.4. The molecule has 0 fully saturated rings. The van der Waals surface area contributed by atoms with Crippen molar-refractivity contribution in [1.82, 2.24) is 14.7 Å². The molecule has 5 heteroatoms. The largest absolute Gasteiger partial charge is 0.310 e. The first-order valence-corrected chi connectivity index (χ1v) is 7.85. The van der Waals surface area contributed by atoms with Crippen LogP contribution in [0.5, 0.6) is 0 Å². The topological polar surface area (TPSA) is 29.3 Å². The first-order chi connectivity index (χ1) is 8.86. The predicted molar refractivity (Wildman–Crippen MR) is 77.5 cm³/mol. The van der Waals surface area contributed by atoms with E-state index in [1.807, 2.05) is 0 Å². The van der Waals surface area contributed by atoms with Gasteiger partial charge in [-0.2, -0.15) is 11.3 Å². The summed E-state index contributed by atoms with van der Waals surface area (Å²) in [4.78, 5) is 5.72. The van der Waals surface area contributed by atoms with Crippen LogP contribution in [0.15, 0.2) is 34.6 Å². The lowest BCUT2D eigenvalue weighted by atomic mass is 10.1. The Morgan fingerprint density at radius 2 is 2.39 bits per heavy atom. The lowest BCUT2D eigenvalue weighted by Gasteiger charge is -2.15. The molecule has 0 aliphatic carbocycles. The minimum absolute atomic E-state index is 0.367. The van der Waals surface area contributed by atoms with Crippen LogP contribution in [0.4, 0.5) is 0 Å². The lowest BCUT2D eigenvalue weighted by Crippen LogP contribution is -2.22. The summed E-state index contributed by atoms with van der Waals surface area (Å²) in [5.41, 5.74) is 2.51. The van der Waals surface area contributed by atoms with Gasteiger partial charge < -0.3 is 5.32 Å². The molecule has 0 spiro atoms. The van der Waals surface area contributed by atoms with Gasteiger partial charge in [-0.3, -0.25) is 4.40 Å². The molecule has 0 saturated carbocycles. The van der Waals surface area contributed by atoms with Crippen LogP contribution < -0.4 is 5.32 Å². The first-order valence-electron chi connectivity index (χ1n) is 6.03. The summed E-state index contributed by atoms with van der Waals surface area (Å²) in [6.45, 7) is 3.12. The third-order valence-corrected chi connectivity index (χ3v) is 4.42. The van der Waals surface area contributed by atoms with Crippen LogP contribution in [0.3, 0.4) is 0 Å². The zero-order valence-corrected chi connectivity index (χ0v) is 11.8. The maximum Gasteiger partial charge on any atom is 0.193 e. The molecule has 1 atom stereocenters. The Morgan fingerprint density at radius 3 is 3.11 bits per heavy atom. The second-order valence-corrected chi connectivity index (χ2v) is 5.85. The summed E-state index contributed by atoms with van der Waals surface area (Å²) in [7, 11) is 0.